The van der Waals surface area contributed by atoms with Crippen LogP contribution in [0.25, 0.3) is 0 Å². The van der Waals surface area contributed by atoms with Crippen molar-refractivity contribution in [1.82, 2.24) is 10.8 Å². The first kappa shape index (κ1) is 10.1. The van der Waals surface area contributed by atoms with Crippen LogP contribution in [0.15, 0.2) is 12.7 Å². The van der Waals surface area contributed by atoms with Gasteiger partial charge in [0.2, 0.25) is 5.91 Å². The standard InChI is InChI=1S/C7H14N2O2/c1-4-5-8-7(10)6(2)9-11-3/h4,6,9H,1,5H2,2-3H3,(H,8,10). The van der Waals surface area contributed by atoms with E-state index in [4.69, 9.17) is 0 Å². The largest absolute Gasteiger partial charge is 0.351 e. The summed E-state index contributed by atoms with van der Waals surface area (Å²) in [6.07, 6.45) is 1.62. The van der Waals surface area contributed by atoms with Crippen molar-refractivity contribution in [1.29, 1.82) is 0 Å². The SMILES string of the molecule is C=CCNC(=O)C(C)NOC. The van der Waals surface area contributed by atoms with E-state index in [9.17, 15) is 4.79 Å². The number of carbonyl (C=O) groups is 1. The van der Waals surface area contributed by atoms with Gasteiger partial charge in [0.25, 0.3) is 0 Å². The van der Waals surface area contributed by atoms with Crippen LogP contribution in [0, 0.1) is 0 Å². The highest BCUT2D eigenvalue weighted by Gasteiger charge is 2.09. The van der Waals surface area contributed by atoms with Crippen molar-refractivity contribution in [3.8, 4) is 0 Å². The minimum atomic E-state index is -0.333. The van der Waals surface area contributed by atoms with Crippen LogP contribution in [0.1, 0.15) is 6.92 Å². The van der Waals surface area contributed by atoms with Crippen LogP contribution in [0.2, 0.25) is 0 Å². The molecule has 0 heterocycles. The van der Waals surface area contributed by atoms with Crippen LogP contribution in [-0.2, 0) is 9.63 Å². The normalized spacial score (nSPS) is 12.2. The molecule has 0 rings (SSSR count). The number of hydroxylamine groups is 1. The molecule has 1 unspecified atom stereocenters. The molecule has 1 amide bonds. The third kappa shape index (κ3) is 4.52. The molecule has 0 aliphatic carbocycles. The average Bonchev–Trinajstić information content (AvgIpc) is 2.00. The molecular formula is C7H14N2O2. The molecule has 0 spiro atoms. The number of carbonyl (C=O) groups excluding carboxylic acids is 1. The van der Waals surface area contributed by atoms with E-state index in [1.807, 2.05) is 0 Å². The van der Waals surface area contributed by atoms with E-state index in [-0.39, 0.29) is 11.9 Å². The van der Waals surface area contributed by atoms with Crippen LogP contribution in [0.5, 0.6) is 0 Å². The molecule has 4 nitrogen and oxygen atoms in total. The Kier molecular flexibility index (Phi) is 5.42. The molecule has 1 atom stereocenters. The highest BCUT2D eigenvalue weighted by molar-refractivity contribution is 5.81. The lowest BCUT2D eigenvalue weighted by Gasteiger charge is -2.10. The summed E-state index contributed by atoms with van der Waals surface area (Å²) in [5, 5.41) is 2.62. The van der Waals surface area contributed by atoms with E-state index in [1.165, 1.54) is 7.11 Å². The van der Waals surface area contributed by atoms with Crippen molar-refractivity contribution in [2.24, 2.45) is 0 Å². The van der Waals surface area contributed by atoms with E-state index in [0.29, 0.717) is 6.54 Å². The molecule has 11 heavy (non-hydrogen) atoms. The first-order chi connectivity index (χ1) is 5.22. The monoisotopic (exact) mass is 158 g/mol. The second kappa shape index (κ2) is 5.88. The van der Waals surface area contributed by atoms with Crippen LogP contribution < -0.4 is 10.8 Å². The molecule has 2 N–H and O–H groups in total. The highest BCUT2D eigenvalue weighted by atomic mass is 16.6. The quantitative estimate of drug-likeness (QED) is 0.431. The number of nitrogens with one attached hydrogen (secondary N) is 2. The molecule has 0 radical (unpaired) electrons. The van der Waals surface area contributed by atoms with Gasteiger partial charge in [0.1, 0.15) is 6.04 Å². The molecule has 4 heteroatoms. The Morgan fingerprint density at radius 2 is 2.45 bits per heavy atom. The number of amides is 1. The lowest BCUT2D eigenvalue weighted by Crippen LogP contribution is -2.41. The maximum Gasteiger partial charge on any atom is 0.239 e. The second-order valence-corrected chi connectivity index (χ2v) is 2.08. The average molecular weight is 158 g/mol. The van der Waals surface area contributed by atoms with Gasteiger partial charge >= 0.3 is 0 Å². The van der Waals surface area contributed by atoms with E-state index < -0.39 is 0 Å². The molecule has 0 saturated carbocycles. The lowest BCUT2D eigenvalue weighted by molar-refractivity contribution is -0.125. The zero-order chi connectivity index (χ0) is 8.69. The zero-order valence-corrected chi connectivity index (χ0v) is 6.89. The van der Waals surface area contributed by atoms with Crippen molar-refractivity contribution >= 4 is 5.91 Å². The lowest BCUT2D eigenvalue weighted by atomic mass is 10.3. The third-order valence-corrected chi connectivity index (χ3v) is 1.11. The Hall–Kier alpha value is -0.870. The van der Waals surface area contributed by atoms with E-state index in [1.54, 1.807) is 13.0 Å². The van der Waals surface area contributed by atoms with E-state index in [2.05, 4.69) is 22.2 Å². The molecule has 0 aliphatic rings. The van der Waals surface area contributed by atoms with Crippen molar-refractivity contribution in [3.63, 3.8) is 0 Å². The predicted octanol–water partition coefficient (Wildman–Crippen LogP) is -0.172. The van der Waals surface area contributed by atoms with Gasteiger partial charge in [0.15, 0.2) is 0 Å². The fourth-order valence-corrected chi connectivity index (χ4v) is 0.556. The van der Waals surface area contributed by atoms with Crippen LogP contribution in [-0.4, -0.2) is 25.6 Å². The summed E-state index contributed by atoms with van der Waals surface area (Å²) in [5.74, 6) is -0.105. The first-order valence-electron chi connectivity index (χ1n) is 3.39. The Morgan fingerprint density at radius 1 is 1.82 bits per heavy atom. The first-order valence-corrected chi connectivity index (χ1v) is 3.39. The molecule has 0 fully saturated rings. The van der Waals surface area contributed by atoms with Crippen molar-refractivity contribution in [2.75, 3.05) is 13.7 Å². The molecule has 0 bridgehead atoms. The van der Waals surface area contributed by atoms with Gasteiger partial charge < -0.3 is 10.2 Å². The fraction of sp³-hybridized carbons (Fsp3) is 0.571. The summed E-state index contributed by atoms with van der Waals surface area (Å²) in [4.78, 5) is 15.6. The van der Waals surface area contributed by atoms with Gasteiger partial charge in [-0.3, -0.25) is 4.79 Å². The van der Waals surface area contributed by atoms with Crippen LogP contribution in [0.3, 0.4) is 0 Å². The smallest absolute Gasteiger partial charge is 0.239 e. The minimum absolute atomic E-state index is 0.105. The second-order valence-electron chi connectivity index (χ2n) is 2.08. The van der Waals surface area contributed by atoms with Crippen molar-refractivity contribution < 1.29 is 9.63 Å². The van der Waals surface area contributed by atoms with Gasteiger partial charge in [-0.05, 0) is 6.92 Å². The summed E-state index contributed by atoms with van der Waals surface area (Å²) in [6.45, 7) is 5.66. The minimum Gasteiger partial charge on any atom is -0.351 e. The Morgan fingerprint density at radius 3 is 2.91 bits per heavy atom. The molecule has 0 aromatic carbocycles. The molecule has 64 valence electrons. The van der Waals surface area contributed by atoms with Gasteiger partial charge in [-0.2, -0.15) is 5.48 Å². The van der Waals surface area contributed by atoms with Crippen LogP contribution >= 0.6 is 0 Å². The van der Waals surface area contributed by atoms with E-state index >= 15 is 0 Å². The summed E-state index contributed by atoms with van der Waals surface area (Å²) < 4.78 is 0. The Balaban J connectivity index is 3.54. The predicted molar refractivity (Wildman–Crippen MR) is 42.8 cm³/mol. The fourth-order valence-electron chi connectivity index (χ4n) is 0.556. The molecule has 0 aromatic heterocycles. The zero-order valence-electron chi connectivity index (χ0n) is 6.89. The summed E-state index contributed by atoms with van der Waals surface area (Å²) in [7, 11) is 1.47. The topological polar surface area (TPSA) is 50.4 Å². The van der Waals surface area contributed by atoms with Gasteiger partial charge in [-0.25, -0.2) is 0 Å². The summed E-state index contributed by atoms with van der Waals surface area (Å²) >= 11 is 0. The van der Waals surface area contributed by atoms with E-state index in [0.717, 1.165) is 0 Å². The van der Waals surface area contributed by atoms with Crippen LogP contribution in [0.4, 0.5) is 0 Å². The molecular weight excluding hydrogens is 144 g/mol. The van der Waals surface area contributed by atoms with Gasteiger partial charge in [-0.15, -0.1) is 6.58 Å². The van der Waals surface area contributed by atoms with Gasteiger partial charge in [0.05, 0.1) is 7.11 Å². The van der Waals surface area contributed by atoms with Crippen molar-refractivity contribution in [3.05, 3.63) is 12.7 Å². The van der Waals surface area contributed by atoms with Gasteiger partial charge in [-0.1, -0.05) is 6.08 Å². The molecule has 0 aliphatic heterocycles. The van der Waals surface area contributed by atoms with Crippen molar-refractivity contribution in [2.45, 2.75) is 13.0 Å². The summed E-state index contributed by atoms with van der Waals surface area (Å²) in [6, 6.07) is -0.333. The number of rotatable bonds is 5. The highest BCUT2D eigenvalue weighted by Crippen LogP contribution is 1.80. The Bertz CT molecular complexity index is 136. The maximum absolute atomic E-state index is 11.0. The van der Waals surface area contributed by atoms with Gasteiger partial charge in [0, 0.05) is 6.54 Å². The molecule has 0 aromatic rings. The number of hydrogen-bond acceptors (Lipinski definition) is 3. The summed E-state index contributed by atoms with van der Waals surface area (Å²) in [5.41, 5.74) is 2.51. The number of hydrogen-bond donors (Lipinski definition) is 2. The molecule has 0 saturated heterocycles. The Labute approximate surface area is 66.6 Å². The third-order valence-electron chi connectivity index (χ3n) is 1.11. The maximum atomic E-state index is 11.0.